The minimum Gasteiger partial charge on any atom is -0.493 e. The third-order valence-electron chi connectivity index (χ3n) is 4.05. The minimum atomic E-state index is 0.753. The zero-order valence-electron chi connectivity index (χ0n) is 13.3. The SMILES string of the molecule is C/C=C/c1ccc(OCCC[NH2+]C2CCCC2)c(OC)c1. The molecule has 3 heteroatoms. The minimum absolute atomic E-state index is 0.753. The number of hydrogen-bond acceptors (Lipinski definition) is 2. The standard InChI is InChI=1S/C18H27NO2/c1-3-7-15-10-11-17(18(14-15)20-2)21-13-6-12-19-16-8-4-5-9-16/h3,7,10-11,14,16,19H,4-6,8-9,12-13H2,1-2H3/p+1/b7-3+. The van der Waals surface area contributed by atoms with Crippen LogP contribution in [0.15, 0.2) is 24.3 Å². The molecular formula is C18H28NO2+. The van der Waals surface area contributed by atoms with Crippen molar-refractivity contribution in [3.05, 3.63) is 29.8 Å². The zero-order valence-corrected chi connectivity index (χ0v) is 13.3. The number of quaternary nitrogens is 1. The Morgan fingerprint density at radius 3 is 2.76 bits per heavy atom. The molecule has 0 unspecified atom stereocenters. The molecule has 1 fully saturated rings. The van der Waals surface area contributed by atoms with E-state index in [1.165, 1.54) is 25.7 Å². The lowest BCUT2D eigenvalue weighted by Crippen LogP contribution is -2.89. The maximum absolute atomic E-state index is 5.86. The molecule has 116 valence electrons. The smallest absolute Gasteiger partial charge is 0.161 e. The summed E-state index contributed by atoms with van der Waals surface area (Å²) in [6.45, 7) is 3.92. The van der Waals surface area contributed by atoms with Crippen molar-refractivity contribution in [2.45, 2.75) is 45.1 Å². The van der Waals surface area contributed by atoms with E-state index in [4.69, 9.17) is 9.47 Å². The molecule has 0 amide bonds. The van der Waals surface area contributed by atoms with E-state index in [1.54, 1.807) is 7.11 Å². The van der Waals surface area contributed by atoms with Crippen molar-refractivity contribution in [3.63, 3.8) is 0 Å². The molecule has 0 heterocycles. The van der Waals surface area contributed by atoms with Crippen LogP contribution in [0.2, 0.25) is 0 Å². The van der Waals surface area contributed by atoms with Crippen LogP contribution in [-0.4, -0.2) is 26.3 Å². The number of benzene rings is 1. The summed E-state index contributed by atoms with van der Waals surface area (Å²) in [5, 5.41) is 2.49. The highest BCUT2D eigenvalue weighted by atomic mass is 16.5. The molecule has 1 aliphatic carbocycles. The van der Waals surface area contributed by atoms with Crippen molar-refractivity contribution >= 4 is 6.08 Å². The van der Waals surface area contributed by atoms with Crippen LogP contribution in [0.1, 0.15) is 44.6 Å². The number of methoxy groups -OCH3 is 1. The Hall–Kier alpha value is -1.48. The van der Waals surface area contributed by atoms with Gasteiger partial charge in [-0.3, -0.25) is 0 Å². The van der Waals surface area contributed by atoms with Gasteiger partial charge < -0.3 is 14.8 Å². The van der Waals surface area contributed by atoms with Crippen molar-refractivity contribution < 1.29 is 14.8 Å². The summed E-state index contributed by atoms with van der Waals surface area (Å²) in [6.07, 6.45) is 10.8. The van der Waals surface area contributed by atoms with Crippen molar-refractivity contribution in [2.24, 2.45) is 0 Å². The molecular weight excluding hydrogens is 262 g/mol. The van der Waals surface area contributed by atoms with E-state index in [2.05, 4.69) is 17.5 Å². The Bertz CT molecular complexity index is 451. The van der Waals surface area contributed by atoms with Crippen LogP contribution in [0.5, 0.6) is 11.5 Å². The van der Waals surface area contributed by atoms with E-state index in [1.807, 2.05) is 25.1 Å². The van der Waals surface area contributed by atoms with E-state index in [-0.39, 0.29) is 0 Å². The Morgan fingerprint density at radius 1 is 1.24 bits per heavy atom. The van der Waals surface area contributed by atoms with Crippen molar-refractivity contribution in [2.75, 3.05) is 20.3 Å². The van der Waals surface area contributed by atoms with Crippen LogP contribution in [0, 0.1) is 0 Å². The Kier molecular flexibility index (Phi) is 6.61. The van der Waals surface area contributed by atoms with Gasteiger partial charge in [-0.25, -0.2) is 0 Å². The molecule has 0 atom stereocenters. The van der Waals surface area contributed by atoms with Crippen LogP contribution in [0.4, 0.5) is 0 Å². The second kappa shape index (κ2) is 8.73. The molecule has 0 saturated heterocycles. The topological polar surface area (TPSA) is 35.1 Å². The highest BCUT2D eigenvalue weighted by Gasteiger charge is 2.16. The number of nitrogens with two attached hydrogens (primary N) is 1. The highest BCUT2D eigenvalue weighted by molar-refractivity contribution is 5.55. The van der Waals surface area contributed by atoms with E-state index >= 15 is 0 Å². The molecule has 1 aliphatic rings. The lowest BCUT2D eigenvalue weighted by atomic mass is 10.2. The summed E-state index contributed by atoms with van der Waals surface area (Å²) >= 11 is 0. The molecule has 0 spiro atoms. The number of ether oxygens (including phenoxy) is 2. The first-order valence-corrected chi connectivity index (χ1v) is 8.10. The van der Waals surface area contributed by atoms with Gasteiger partial charge in [0.05, 0.1) is 26.3 Å². The summed E-state index contributed by atoms with van der Waals surface area (Å²) in [5.41, 5.74) is 1.14. The van der Waals surface area contributed by atoms with E-state index in [0.717, 1.165) is 42.7 Å². The predicted octanol–water partition coefficient (Wildman–Crippen LogP) is 3.00. The van der Waals surface area contributed by atoms with Gasteiger partial charge in [0.15, 0.2) is 11.5 Å². The van der Waals surface area contributed by atoms with Crippen LogP contribution in [0.25, 0.3) is 6.08 Å². The average molecular weight is 290 g/mol. The lowest BCUT2D eigenvalue weighted by Gasteiger charge is -2.12. The first-order valence-electron chi connectivity index (χ1n) is 8.10. The first kappa shape index (κ1) is 15.9. The fraction of sp³-hybridized carbons (Fsp3) is 0.556. The second-order valence-electron chi connectivity index (χ2n) is 5.68. The van der Waals surface area contributed by atoms with E-state index in [0.29, 0.717) is 0 Å². The maximum Gasteiger partial charge on any atom is 0.161 e. The number of rotatable bonds is 8. The number of hydrogen-bond donors (Lipinski definition) is 1. The Labute approximate surface area is 128 Å². The highest BCUT2D eigenvalue weighted by Crippen LogP contribution is 2.28. The Morgan fingerprint density at radius 2 is 2.05 bits per heavy atom. The monoisotopic (exact) mass is 290 g/mol. The third kappa shape index (κ3) is 5.09. The van der Waals surface area contributed by atoms with Gasteiger partial charge >= 0.3 is 0 Å². The fourth-order valence-electron chi connectivity index (χ4n) is 2.91. The van der Waals surface area contributed by atoms with Gasteiger partial charge in [0, 0.05) is 6.42 Å². The summed E-state index contributed by atoms with van der Waals surface area (Å²) in [6, 6.07) is 6.93. The molecule has 1 aromatic rings. The molecule has 0 aromatic heterocycles. The molecule has 3 nitrogen and oxygen atoms in total. The van der Waals surface area contributed by atoms with Crippen LogP contribution in [-0.2, 0) is 0 Å². The second-order valence-corrected chi connectivity index (χ2v) is 5.68. The van der Waals surface area contributed by atoms with Crippen LogP contribution < -0.4 is 14.8 Å². The van der Waals surface area contributed by atoms with E-state index in [9.17, 15) is 0 Å². The molecule has 1 saturated carbocycles. The van der Waals surface area contributed by atoms with Gasteiger partial charge in [0.1, 0.15) is 0 Å². The Balaban J connectivity index is 1.74. The fourth-order valence-corrected chi connectivity index (χ4v) is 2.91. The van der Waals surface area contributed by atoms with Gasteiger partial charge in [-0.2, -0.15) is 0 Å². The predicted molar refractivity (Wildman–Crippen MR) is 86.9 cm³/mol. The van der Waals surface area contributed by atoms with Crippen LogP contribution >= 0.6 is 0 Å². The average Bonchev–Trinajstić information content (AvgIpc) is 3.01. The van der Waals surface area contributed by atoms with Crippen molar-refractivity contribution in [1.82, 2.24) is 0 Å². The normalized spacial score (nSPS) is 15.7. The molecule has 1 aromatic carbocycles. The number of allylic oxidation sites excluding steroid dienone is 1. The molecule has 0 radical (unpaired) electrons. The largest absolute Gasteiger partial charge is 0.493 e. The first-order chi connectivity index (χ1) is 10.3. The molecule has 2 N–H and O–H groups in total. The summed E-state index contributed by atoms with van der Waals surface area (Å²) in [4.78, 5) is 0. The maximum atomic E-state index is 5.86. The van der Waals surface area contributed by atoms with Crippen molar-refractivity contribution in [1.29, 1.82) is 0 Å². The van der Waals surface area contributed by atoms with Crippen LogP contribution in [0.3, 0.4) is 0 Å². The quantitative estimate of drug-likeness (QED) is 0.747. The third-order valence-corrected chi connectivity index (χ3v) is 4.05. The molecule has 0 aliphatic heterocycles. The molecule has 2 rings (SSSR count). The zero-order chi connectivity index (χ0) is 14.9. The van der Waals surface area contributed by atoms with Gasteiger partial charge in [-0.1, -0.05) is 18.2 Å². The summed E-state index contributed by atoms with van der Waals surface area (Å²) in [7, 11) is 1.69. The van der Waals surface area contributed by atoms with E-state index < -0.39 is 0 Å². The van der Waals surface area contributed by atoms with Crippen molar-refractivity contribution in [3.8, 4) is 11.5 Å². The molecule has 21 heavy (non-hydrogen) atoms. The summed E-state index contributed by atoms with van der Waals surface area (Å²) < 4.78 is 11.3. The van der Waals surface area contributed by atoms with Gasteiger partial charge in [-0.15, -0.1) is 0 Å². The lowest BCUT2D eigenvalue weighted by molar-refractivity contribution is -0.688. The van der Waals surface area contributed by atoms with Gasteiger partial charge in [-0.05, 0) is 50.3 Å². The van der Waals surface area contributed by atoms with Gasteiger partial charge in [0.25, 0.3) is 0 Å². The summed E-state index contributed by atoms with van der Waals surface area (Å²) in [5.74, 6) is 1.65. The van der Waals surface area contributed by atoms with Gasteiger partial charge in [0.2, 0.25) is 0 Å². The molecule has 0 bridgehead atoms.